The fourth-order valence-electron chi connectivity index (χ4n) is 1.76. The Morgan fingerprint density at radius 3 is 2.80 bits per heavy atom. The molecular weight excluding hydrogens is 274 g/mol. The predicted molar refractivity (Wildman–Crippen MR) is 85.6 cm³/mol. The Morgan fingerprint density at radius 1 is 1.30 bits per heavy atom. The molecule has 5 heteroatoms. The molecule has 4 nitrogen and oxygen atoms in total. The fraction of sp³-hybridized carbons (Fsp3) is 0.533. The van der Waals surface area contributed by atoms with Gasteiger partial charge in [-0.05, 0) is 37.5 Å². The van der Waals surface area contributed by atoms with Crippen LogP contribution in [-0.2, 0) is 11.2 Å². The molecule has 0 aromatic heterocycles. The van der Waals surface area contributed by atoms with Crippen LogP contribution in [0.4, 0.5) is 0 Å². The summed E-state index contributed by atoms with van der Waals surface area (Å²) in [5, 5.41) is 7.32. The second-order valence-corrected chi connectivity index (χ2v) is 4.79. The Balaban J connectivity index is 2.18. The van der Waals surface area contributed by atoms with E-state index in [1.807, 2.05) is 25.1 Å². The van der Waals surface area contributed by atoms with E-state index in [-0.39, 0.29) is 0 Å². The number of aliphatic imine (C=N–C) groups is 1. The first-order chi connectivity index (χ1) is 9.76. The van der Waals surface area contributed by atoms with Crippen molar-refractivity contribution in [3.63, 3.8) is 0 Å². The van der Waals surface area contributed by atoms with Crippen LogP contribution in [0.3, 0.4) is 0 Å². The molecule has 0 spiro atoms. The average molecular weight is 298 g/mol. The van der Waals surface area contributed by atoms with Crippen molar-refractivity contribution in [2.75, 3.05) is 33.4 Å². The van der Waals surface area contributed by atoms with Gasteiger partial charge < -0.3 is 15.4 Å². The van der Waals surface area contributed by atoms with Crippen LogP contribution in [-0.4, -0.2) is 39.3 Å². The standard InChI is InChI=1S/C15H24ClN3O/c1-3-20-11-5-9-18-15(17-2)19-10-8-13-6-4-7-14(16)12-13/h4,6-7,12H,3,5,8-11H2,1-2H3,(H2,17,18,19). The molecule has 0 aliphatic rings. The maximum Gasteiger partial charge on any atom is 0.190 e. The summed E-state index contributed by atoms with van der Waals surface area (Å²) < 4.78 is 5.29. The van der Waals surface area contributed by atoms with E-state index in [0.29, 0.717) is 0 Å². The van der Waals surface area contributed by atoms with Gasteiger partial charge in [0, 0.05) is 38.4 Å². The zero-order chi connectivity index (χ0) is 14.6. The molecule has 0 atom stereocenters. The van der Waals surface area contributed by atoms with E-state index < -0.39 is 0 Å². The molecule has 0 unspecified atom stereocenters. The summed E-state index contributed by atoms with van der Waals surface area (Å²) in [6.45, 7) is 5.24. The summed E-state index contributed by atoms with van der Waals surface area (Å²) in [5.41, 5.74) is 1.22. The Hall–Kier alpha value is -1.26. The van der Waals surface area contributed by atoms with Gasteiger partial charge in [0.1, 0.15) is 0 Å². The molecule has 0 heterocycles. The van der Waals surface area contributed by atoms with Crippen molar-refractivity contribution in [2.24, 2.45) is 4.99 Å². The maximum atomic E-state index is 5.96. The minimum Gasteiger partial charge on any atom is -0.382 e. The van der Waals surface area contributed by atoms with Gasteiger partial charge in [0.15, 0.2) is 5.96 Å². The molecule has 0 aliphatic carbocycles. The Bertz CT molecular complexity index is 410. The van der Waals surface area contributed by atoms with Gasteiger partial charge >= 0.3 is 0 Å². The smallest absolute Gasteiger partial charge is 0.190 e. The van der Waals surface area contributed by atoms with Crippen molar-refractivity contribution in [3.8, 4) is 0 Å². The third kappa shape index (κ3) is 7.36. The first-order valence-corrected chi connectivity index (χ1v) is 7.40. The first-order valence-electron chi connectivity index (χ1n) is 7.03. The van der Waals surface area contributed by atoms with Crippen molar-refractivity contribution in [2.45, 2.75) is 19.8 Å². The molecule has 1 aromatic rings. The lowest BCUT2D eigenvalue weighted by molar-refractivity contribution is 0.145. The number of hydrogen-bond acceptors (Lipinski definition) is 2. The normalized spacial score (nSPS) is 11.4. The monoisotopic (exact) mass is 297 g/mol. The lowest BCUT2D eigenvalue weighted by atomic mass is 10.1. The van der Waals surface area contributed by atoms with Crippen molar-refractivity contribution in [1.29, 1.82) is 0 Å². The highest BCUT2D eigenvalue weighted by Crippen LogP contribution is 2.10. The Morgan fingerprint density at radius 2 is 2.10 bits per heavy atom. The molecule has 1 rings (SSSR count). The van der Waals surface area contributed by atoms with Gasteiger partial charge in [-0.2, -0.15) is 0 Å². The topological polar surface area (TPSA) is 45.6 Å². The minimum atomic E-state index is 0.770. The molecule has 0 aliphatic heterocycles. The maximum absolute atomic E-state index is 5.96. The minimum absolute atomic E-state index is 0.770. The summed E-state index contributed by atoms with van der Waals surface area (Å²) in [4.78, 5) is 4.18. The van der Waals surface area contributed by atoms with Gasteiger partial charge in [0.25, 0.3) is 0 Å². The van der Waals surface area contributed by atoms with Crippen LogP contribution in [0.15, 0.2) is 29.3 Å². The lowest BCUT2D eigenvalue weighted by Crippen LogP contribution is -2.39. The molecule has 0 radical (unpaired) electrons. The lowest BCUT2D eigenvalue weighted by Gasteiger charge is -2.12. The molecule has 112 valence electrons. The van der Waals surface area contributed by atoms with Gasteiger partial charge in [-0.3, -0.25) is 4.99 Å². The van der Waals surface area contributed by atoms with Gasteiger partial charge in [0.05, 0.1) is 0 Å². The Kier molecular flexibility index (Phi) is 8.83. The number of nitrogens with one attached hydrogen (secondary N) is 2. The summed E-state index contributed by atoms with van der Waals surface area (Å²) in [6, 6.07) is 7.92. The number of ether oxygens (including phenoxy) is 1. The summed E-state index contributed by atoms with van der Waals surface area (Å²) >= 11 is 5.96. The van der Waals surface area contributed by atoms with Crippen LogP contribution in [0.1, 0.15) is 18.9 Å². The second-order valence-electron chi connectivity index (χ2n) is 4.36. The largest absolute Gasteiger partial charge is 0.382 e. The molecule has 0 saturated carbocycles. The zero-order valence-corrected chi connectivity index (χ0v) is 13.0. The highest BCUT2D eigenvalue weighted by atomic mass is 35.5. The van der Waals surface area contributed by atoms with Gasteiger partial charge in [-0.25, -0.2) is 0 Å². The quantitative estimate of drug-likeness (QED) is 0.440. The molecule has 0 amide bonds. The number of hydrogen-bond donors (Lipinski definition) is 2. The molecule has 1 aromatic carbocycles. The third-order valence-electron chi connectivity index (χ3n) is 2.78. The molecule has 0 fully saturated rings. The van der Waals surface area contributed by atoms with Crippen LogP contribution in [0.5, 0.6) is 0 Å². The van der Waals surface area contributed by atoms with E-state index in [1.54, 1.807) is 7.05 Å². The third-order valence-corrected chi connectivity index (χ3v) is 3.02. The van der Waals surface area contributed by atoms with Crippen molar-refractivity contribution in [3.05, 3.63) is 34.9 Å². The van der Waals surface area contributed by atoms with Crippen LogP contribution in [0.2, 0.25) is 5.02 Å². The summed E-state index contributed by atoms with van der Waals surface area (Å²) in [5.74, 6) is 0.823. The van der Waals surface area contributed by atoms with E-state index in [1.165, 1.54) is 5.56 Å². The van der Waals surface area contributed by atoms with Crippen LogP contribution >= 0.6 is 11.6 Å². The Labute approximate surface area is 126 Å². The van der Waals surface area contributed by atoms with E-state index in [2.05, 4.69) is 21.7 Å². The van der Waals surface area contributed by atoms with E-state index in [9.17, 15) is 0 Å². The number of rotatable bonds is 8. The van der Waals surface area contributed by atoms with E-state index in [4.69, 9.17) is 16.3 Å². The van der Waals surface area contributed by atoms with Crippen molar-refractivity contribution in [1.82, 2.24) is 10.6 Å². The molecule has 0 saturated heterocycles. The number of guanidine groups is 1. The van der Waals surface area contributed by atoms with Crippen LogP contribution in [0, 0.1) is 0 Å². The first kappa shape index (κ1) is 16.8. The molecule has 0 bridgehead atoms. The molecule has 2 N–H and O–H groups in total. The molecule has 20 heavy (non-hydrogen) atoms. The highest BCUT2D eigenvalue weighted by molar-refractivity contribution is 6.30. The average Bonchev–Trinajstić information content (AvgIpc) is 2.45. The highest BCUT2D eigenvalue weighted by Gasteiger charge is 1.98. The number of halogens is 1. The van der Waals surface area contributed by atoms with E-state index in [0.717, 1.165) is 50.1 Å². The van der Waals surface area contributed by atoms with Crippen molar-refractivity contribution >= 4 is 17.6 Å². The van der Waals surface area contributed by atoms with Crippen LogP contribution in [0.25, 0.3) is 0 Å². The number of benzene rings is 1. The van der Waals surface area contributed by atoms with Gasteiger partial charge in [0.2, 0.25) is 0 Å². The second kappa shape index (κ2) is 10.5. The van der Waals surface area contributed by atoms with E-state index >= 15 is 0 Å². The zero-order valence-electron chi connectivity index (χ0n) is 12.3. The predicted octanol–water partition coefficient (Wildman–Crippen LogP) is 2.47. The number of nitrogens with zero attached hydrogens (tertiary/aromatic N) is 1. The summed E-state index contributed by atoms with van der Waals surface area (Å²) in [7, 11) is 1.78. The van der Waals surface area contributed by atoms with Gasteiger partial charge in [-0.1, -0.05) is 23.7 Å². The van der Waals surface area contributed by atoms with Gasteiger partial charge in [-0.15, -0.1) is 0 Å². The van der Waals surface area contributed by atoms with Crippen molar-refractivity contribution < 1.29 is 4.74 Å². The SMILES string of the molecule is CCOCCCNC(=NC)NCCc1cccc(Cl)c1. The van der Waals surface area contributed by atoms with Crippen LogP contribution < -0.4 is 10.6 Å². The summed E-state index contributed by atoms with van der Waals surface area (Å²) in [6.07, 6.45) is 1.89. The molecular formula is C15H24ClN3O. The fourth-order valence-corrected chi connectivity index (χ4v) is 1.98.